The van der Waals surface area contributed by atoms with E-state index in [0.717, 1.165) is 6.54 Å². The van der Waals surface area contributed by atoms with Crippen LogP contribution in [0.15, 0.2) is 0 Å². The third kappa shape index (κ3) is 1.20. The van der Waals surface area contributed by atoms with Crippen molar-refractivity contribution in [2.75, 3.05) is 6.54 Å². The normalized spacial score (nSPS) is 32.9. The van der Waals surface area contributed by atoms with E-state index in [0.29, 0.717) is 12.2 Å². The Morgan fingerprint density at radius 3 is 2.18 bits per heavy atom. The van der Waals surface area contributed by atoms with Crippen molar-refractivity contribution in [3.8, 4) is 0 Å². The van der Waals surface area contributed by atoms with E-state index < -0.39 is 0 Å². The van der Waals surface area contributed by atoms with E-state index in [-0.39, 0.29) is 11.0 Å². The van der Waals surface area contributed by atoms with E-state index >= 15 is 0 Å². The monoisotopic (exact) mass is 155 g/mol. The zero-order valence-electron chi connectivity index (χ0n) is 7.82. The first-order valence-corrected chi connectivity index (χ1v) is 4.16. The lowest BCUT2D eigenvalue weighted by Crippen LogP contribution is -2.52. The van der Waals surface area contributed by atoms with Crippen molar-refractivity contribution in [1.82, 2.24) is 5.32 Å². The first kappa shape index (κ1) is 8.72. The number of hydrogen-bond acceptors (Lipinski definition) is 2. The fourth-order valence-electron chi connectivity index (χ4n) is 1.46. The molecule has 1 unspecified atom stereocenters. The van der Waals surface area contributed by atoms with Gasteiger partial charge in [0.15, 0.2) is 5.78 Å². The van der Waals surface area contributed by atoms with Crippen molar-refractivity contribution in [2.45, 2.75) is 39.7 Å². The summed E-state index contributed by atoms with van der Waals surface area (Å²) in [6, 6.07) is 0. The van der Waals surface area contributed by atoms with E-state index in [1.165, 1.54) is 0 Å². The number of carbonyl (C=O) groups is 1. The van der Waals surface area contributed by atoms with E-state index in [1.54, 1.807) is 0 Å². The van der Waals surface area contributed by atoms with Crippen molar-refractivity contribution >= 4 is 5.78 Å². The van der Waals surface area contributed by atoms with Crippen LogP contribution in [0, 0.1) is 5.41 Å². The molecular formula is C9H17NO. The Labute approximate surface area is 68.4 Å². The maximum atomic E-state index is 11.5. The molecule has 64 valence electrons. The van der Waals surface area contributed by atoms with Gasteiger partial charge < -0.3 is 5.32 Å². The fourth-order valence-corrected chi connectivity index (χ4v) is 1.46. The Balaban J connectivity index is 2.90. The minimum absolute atomic E-state index is 0.0284. The Morgan fingerprint density at radius 2 is 2.00 bits per heavy atom. The molecule has 0 aliphatic carbocycles. The number of rotatable bonds is 0. The molecule has 1 atom stereocenters. The molecule has 1 heterocycles. The van der Waals surface area contributed by atoms with Gasteiger partial charge in [-0.25, -0.2) is 0 Å². The van der Waals surface area contributed by atoms with Crippen molar-refractivity contribution in [2.24, 2.45) is 5.41 Å². The van der Waals surface area contributed by atoms with Crippen LogP contribution in [0.25, 0.3) is 0 Å². The average molecular weight is 155 g/mol. The lowest BCUT2D eigenvalue weighted by atomic mass is 9.73. The summed E-state index contributed by atoms with van der Waals surface area (Å²) in [5.74, 6) is 0.352. The fraction of sp³-hybridized carbons (Fsp3) is 0.889. The third-order valence-electron chi connectivity index (χ3n) is 2.89. The van der Waals surface area contributed by atoms with Crippen molar-refractivity contribution in [3.05, 3.63) is 0 Å². The van der Waals surface area contributed by atoms with E-state index in [2.05, 4.69) is 26.1 Å². The molecule has 0 bridgehead atoms. The van der Waals surface area contributed by atoms with Gasteiger partial charge in [0.1, 0.15) is 0 Å². The van der Waals surface area contributed by atoms with Crippen LogP contribution in [-0.4, -0.2) is 17.9 Å². The summed E-state index contributed by atoms with van der Waals surface area (Å²) >= 11 is 0. The van der Waals surface area contributed by atoms with Crippen LogP contribution in [0.1, 0.15) is 34.1 Å². The molecule has 0 amide bonds. The molecule has 2 heteroatoms. The van der Waals surface area contributed by atoms with Gasteiger partial charge in [-0.1, -0.05) is 20.8 Å². The second-order valence-electron chi connectivity index (χ2n) is 4.47. The summed E-state index contributed by atoms with van der Waals surface area (Å²) in [5.41, 5.74) is -0.270. The summed E-state index contributed by atoms with van der Waals surface area (Å²) in [6.45, 7) is 9.14. The molecule has 0 aromatic rings. The molecule has 0 aromatic carbocycles. The highest BCUT2D eigenvalue weighted by molar-refractivity contribution is 5.91. The highest BCUT2D eigenvalue weighted by Crippen LogP contribution is 2.34. The highest BCUT2D eigenvalue weighted by atomic mass is 16.1. The largest absolute Gasteiger partial charge is 0.304 e. The van der Waals surface area contributed by atoms with Gasteiger partial charge in [0, 0.05) is 13.0 Å². The number of Topliss-reactive ketones (excluding diaryl/α,β-unsaturated/α-hetero) is 1. The van der Waals surface area contributed by atoms with Crippen LogP contribution in [0.3, 0.4) is 0 Å². The van der Waals surface area contributed by atoms with Crippen LogP contribution in [-0.2, 0) is 4.79 Å². The molecule has 2 nitrogen and oxygen atoms in total. The molecule has 11 heavy (non-hydrogen) atoms. The molecule has 1 saturated heterocycles. The van der Waals surface area contributed by atoms with Crippen LogP contribution in [0.4, 0.5) is 0 Å². The van der Waals surface area contributed by atoms with Gasteiger partial charge >= 0.3 is 0 Å². The predicted octanol–water partition coefficient (Wildman–Crippen LogP) is 1.35. The number of nitrogens with one attached hydrogen (secondary N) is 1. The van der Waals surface area contributed by atoms with Gasteiger partial charge in [-0.3, -0.25) is 4.79 Å². The number of carbonyl (C=O) groups excluding carboxylic acids is 1. The molecule has 1 fully saturated rings. The molecule has 1 N–H and O–H groups in total. The van der Waals surface area contributed by atoms with Gasteiger partial charge in [0.25, 0.3) is 0 Å². The summed E-state index contributed by atoms with van der Waals surface area (Å²) in [5, 5.41) is 3.27. The van der Waals surface area contributed by atoms with Crippen molar-refractivity contribution in [3.63, 3.8) is 0 Å². The molecule has 0 spiro atoms. The number of ketones is 1. The molecule has 0 aromatic heterocycles. The summed E-state index contributed by atoms with van der Waals surface area (Å²) < 4.78 is 0. The Bertz CT molecular complexity index is 180. The highest BCUT2D eigenvalue weighted by Gasteiger charge is 2.46. The topological polar surface area (TPSA) is 29.1 Å². The molecule has 1 rings (SSSR count). The smallest absolute Gasteiger partial charge is 0.154 e. The van der Waals surface area contributed by atoms with E-state index in [9.17, 15) is 4.79 Å². The van der Waals surface area contributed by atoms with Crippen molar-refractivity contribution in [1.29, 1.82) is 0 Å². The molecule has 1 aliphatic heterocycles. The third-order valence-corrected chi connectivity index (χ3v) is 2.89. The first-order chi connectivity index (χ1) is 4.88. The zero-order chi connectivity index (χ0) is 8.70. The SMILES string of the molecule is CC(C)(C)C1(C)NCCC1=O. The maximum Gasteiger partial charge on any atom is 0.154 e. The average Bonchev–Trinajstić information content (AvgIpc) is 2.12. The molecule has 0 radical (unpaired) electrons. The van der Waals surface area contributed by atoms with Gasteiger partial charge in [0.05, 0.1) is 5.54 Å². The zero-order valence-corrected chi connectivity index (χ0v) is 7.82. The van der Waals surface area contributed by atoms with Crippen LogP contribution in [0.5, 0.6) is 0 Å². The molecule has 1 aliphatic rings. The van der Waals surface area contributed by atoms with Crippen LogP contribution < -0.4 is 5.32 Å². The Hall–Kier alpha value is -0.370. The van der Waals surface area contributed by atoms with Gasteiger partial charge in [-0.05, 0) is 12.3 Å². The summed E-state index contributed by atoms with van der Waals surface area (Å²) in [6.07, 6.45) is 0.688. The Morgan fingerprint density at radius 1 is 1.45 bits per heavy atom. The summed E-state index contributed by atoms with van der Waals surface area (Å²) in [7, 11) is 0. The number of hydrogen-bond donors (Lipinski definition) is 1. The van der Waals surface area contributed by atoms with Crippen LogP contribution in [0.2, 0.25) is 0 Å². The quantitative estimate of drug-likeness (QED) is 0.572. The predicted molar refractivity (Wildman–Crippen MR) is 45.5 cm³/mol. The maximum absolute atomic E-state index is 11.5. The molecular weight excluding hydrogens is 138 g/mol. The van der Waals surface area contributed by atoms with E-state index in [1.807, 2.05) is 6.92 Å². The lowest BCUT2D eigenvalue weighted by Gasteiger charge is -2.37. The van der Waals surface area contributed by atoms with Gasteiger partial charge in [0.2, 0.25) is 0 Å². The second kappa shape index (κ2) is 2.31. The van der Waals surface area contributed by atoms with Crippen molar-refractivity contribution < 1.29 is 4.79 Å². The standard InChI is InChI=1S/C9H17NO/c1-8(2,3)9(4)7(11)5-6-10-9/h10H,5-6H2,1-4H3. The first-order valence-electron chi connectivity index (χ1n) is 4.16. The minimum Gasteiger partial charge on any atom is -0.304 e. The van der Waals surface area contributed by atoms with Gasteiger partial charge in [-0.2, -0.15) is 0 Å². The van der Waals surface area contributed by atoms with E-state index in [4.69, 9.17) is 0 Å². The van der Waals surface area contributed by atoms with Gasteiger partial charge in [-0.15, -0.1) is 0 Å². The lowest BCUT2D eigenvalue weighted by molar-refractivity contribution is -0.125. The summed E-state index contributed by atoms with van der Waals surface area (Å²) in [4.78, 5) is 11.5. The molecule has 0 saturated carbocycles. The second-order valence-corrected chi connectivity index (χ2v) is 4.47. The minimum atomic E-state index is -0.299. The van der Waals surface area contributed by atoms with Crippen LogP contribution >= 0.6 is 0 Å². The Kier molecular flexibility index (Phi) is 1.83.